The molecule has 1 aromatic rings. The van der Waals surface area contributed by atoms with Crippen LogP contribution in [0.4, 0.5) is 0 Å². The number of amides is 2. The lowest BCUT2D eigenvalue weighted by molar-refractivity contribution is -0.124. The van der Waals surface area contributed by atoms with Crippen molar-refractivity contribution < 1.29 is 18.0 Å². The lowest BCUT2D eigenvalue weighted by atomic mass is 9.99. The summed E-state index contributed by atoms with van der Waals surface area (Å²) in [4.78, 5) is 23.8. The van der Waals surface area contributed by atoms with Crippen LogP contribution in [0.15, 0.2) is 24.3 Å². The minimum absolute atomic E-state index is 0.0406. The zero-order valence-electron chi connectivity index (χ0n) is 14.3. The summed E-state index contributed by atoms with van der Waals surface area (Å²) in [5.74, 6) is -0.435. The van der Waals surface area contributed by atoms with Gasteiger partial charge in [0.2, 0.25) is 11.8 Å². The Labute approximate surface area is 142 Å². The number of carbonyl (C=O) groups excluding carboxylic acids is 2. The van der Waals surface area contributed by atoms with Crippen molar-refractivity contribution in [3.05, 3.63) is 35.4 Å². The summed E-state index contributed by atoms with van der Waals surface area (Å²) in [6.07, 6.45) is 0.481. The van der Waals surface area contributed by atoms with E-state index in [4.69, 9.17) is 0 Å². The molecular formula is C17H24N2O4S. The number of nitrogens with one attached hydrogen (secondary N) is 2. The summed E-state index contributed by atoms with van der Waals surface area (Å²) in [5.41, 5.74) is 1.20. The minimum atomic E-state index is -3.09. The first-order valence-corrected chi connectivity index (χ1v) is 9.76. The average molecular weight is 352 g/mol. The molecule has 1 aromatic carbocycles. The van der Waals surface area contributed by atoms with Gasteiger partial charge in [-0.1, -0.05) is 29.8 Å². The molecule has 2 N–H and O–H groups in total. The van der Waals surface area contributed by atoms with E-state index in [2.05, 4.69) is 10.6 Å². The Morgan fingerprint density at radius 3 is 2.38 bits per heavy atom. The SMILES string of the molecule is CC(=O)NC(CC(=O)NC1(C)CCS(=O)(=O)C1)c1ccc(C)cc1. The number of benzene rings is 1. The topological polar surface area (TPSA) is 92.3 Å². The second kappa shape index (κ2) is 6.93. The van der Waals surface area contributed by atoms with Crippen molar-refractivity contribution in [3.63, 3.8) is 0 Å². The fourth-order valence-corrected chi connectivity index (χ4v) is 5.07. The van der Waals surface area contributed by atoms with Crippen LogP contribution in [0.3, 0.4) is 0 Å². The first-order valence-electron chi connectivity index (χ1n) is 7.94. The summed E-state index contributed by atoms with van der Waals surface area (Å²) < 4.78 is 23.3. The molecule has 2 unspecified atom stereocenters. The molecule has 1 aliphatic heterocycles. The molecule has 0 spiro atoms. The fourth-order valence-electron chi connectivity index (χ4n) is 2.98. The van der Waals surface area contributed by atoms with Crippen molar-refractivity contribution in [1.29, 1.82) is 0 Å². The molecule has 1 aliphatic rings. The molecule has 0 saturated carbocycles. The highest BCUT2D eigenvalue weighted by Crippen LogP contribution is 2.24. The molecule has 24 heavy (non-hydrogen) atoms. The molecule has 1 fully saturated rings. The van der Waals surface area contributed by atoms with Gasteiger partial charge in [-0.15, -0.1) is 0 Å². The second-order valence-electron chi connectivity index (χ2n) is 6.82. The van der Waals surface area contributed by atoms with Gasteiger partial charge in [0.15, 0.2) is 9.84 Å². The highest BCUT2D eigenvalue weighted by atomic mass is 32.2. The van der Waals surface area contributed by atoms with Gasteiger partial charge in [-0.05, 0) is 25.8 Å². The lowest BCUT2D eigenvalue weighted by Crippen LogP contribution is -2.48. The summed E-state index contributed by atoms with van der Waals surface area (Å²) >= 11 is 0. The Morgan fingerprint density at radius 1 is 1.25 bits per heavy atom. The van der Waals surface area contributed by atoms with Gasteiger partial charge in [-0.2, -0.15) is 0 Å². The maximum Gasteiger partial charge on any atom is 0.222 e. The average Bonchev–Trinajstić information content (AvgIpc) is 2.71. The number of hydrogen-bond acceptors (Lipinski definition) is 4. The summed E-state index contributed by atoms with van der Waals surface area (Å²) in [7, 11) is -3.09. The van der Waals surface area contributed by atoms with Crippen LogP contribution in [0, 0.1) is 6.92 Å². The molecule has 7 heteroatoms. The molecule has 0 aromatic heterocycles. The van der Waals surface area contributed by atoms with Gasteiger partial charge in [0.25, 0.3) is 0 Å². The van der Waals surface area contributed by atoms with Crippen LogP contribution in [0.2, 0.25) is 0 Å². The predicted molar refractivity (Wildman–Crippen MR) is 92.2 cm³/mol. The van der Waals surface area contributed by atoms with E-state index in [1.54, 1.807) is 6.92 Å². The Bertz CT molecular complexity index is 727. The van der Waals surface area contributed by atoms with Crippen LogP contribution < -0.4 is 10.6 Å². The maximum atomic E-state index is 12.4. The summed E-state index contributed by atoms with van der Waals surface area (Å²) in [6.45, 7) is 5.12. The number of rotatable bonds is 5. The molecule has 0 bridgehead atoms. The van der Waals surface area contributed by atoms with Crippen molar-refractivity contribution in [3.8, 4) is 0 Å². The predicted octanol–water partition coefficient (Wildman–Crippen LogP) is 1.26. The van der Waals surface area contributed by atoms with Crippen LogP contribution in [0.5, 0.6) is 0 Å². The highest BCUT2D eigenvalue weighted by Gasteiger charge is 2.39. The quantitative estimate of drug-likeness (QED) is 0.834. The number of hydrogen-bond donors (Lipinski definition) is 2. The molecule has 132 valence electrons. The van der Waals surface area contributed by atoms with E-state index in [0.717, 1.165) is 11.1 Å². The van der Waals surface area contributed by atoms with Crippen LogP contribution in [0.1, 0.15) is 43.9 Å². The smallest absolute Gasteiger partial charge is 0.222 e. The molecule has 2 rings (SSSR count). The van der Waals surface area contributed by atoms with E-state index in [1.807, 2.05) is 31.2 Å². The molecule has 2 atom stereocenters. The minimum Gasteiger partial charge on any atom is -0.350 e. The first-order chi connectivity index (χ1) is 11.1. The van der Waals surface area contributed by atoms with Gasteiger partial charge in [0.1, 0.15) is 0 Å². The lowest BCUT2D eigenvalue weighted by Gasteiger charge is -2.26. The highest BCUT2D eigenvalue weighted by molar-refractivity contribution is 7.91. The normalized spacial score (nSPS) is 23.5. The van der Waals surface area contributed by atoms with E-state index in [1.165, 1.54) is 6.92 Å². The molecule has 2 amide bonds. The van der Waals surface area contributed by atoms with Crippen LogP contribution in [-0.2, 0) is 19.4 Å². The van der Waals surface area contributed by atoms with Gasteiger partial charge in [-0.25, -0.2) is 8.42 Å². The van der Waals surface area contributed by atoms with E-state index < -0.39 is 21.4 Å². The van der Waals surface area contributed by atoms with E-state index in [-0.39, 0.29) is 29.7 Å². The zero-order valence-corrected chi connectivity index (χ0v) is 15.1. The van der Waals surface area contributed by atoms with Gasteiger partial charge >= 0.3 is 0 Å². The van der Waals surface area contributed by atoms with Gasteiger partial charge in [0.05, 0.1) is 29.5 Å². The third-order valence-corrected chi connectivity index (χ3v) is 6.09. The number of sulfone groups is 1. The van der Waals surface area contributed by atoms with Crippen molar-refractivity contribution in [2.24, 2.45) is 0 Å². The third-order valence-electron chi connectivity index (χ3n) is 4.19. The van der Waals surface area contributed by atoms with Crippen molar-refractivity contribution >= 4 is 21.7 Å². The fraction of sp³-hybridized carbons (Fsp3) is 0.529. The molecule has 1 saturated heterocycles. The standard InChI is InChI=1S/C17H24N2O4S/c1-12-4-6-14(7-5-12)15(18-13(2)20)10-16(21)19-17(3)8-9-24(22,23)11-17/h4-7,15H,8-11H2,1-3H3,(H,18,20)(H,19,21). The van der Waals surface area contributed by atoms with Crippen LogP contribution in [-0.4, -0.2) is 37.3 Å². The van der Waals surface area contributed by atoms with Crippen LogP contribution >= 0.6 is 0 Å². The molecule has 1 heterocycles. The first kappa shape index (κ1) is 18.4. The Balaban J connectivity index is 2.07. The van der Waals surface area contributed by atoms with Gasteiger partial charge in [-0.3, -0.25) is 9.59 Å². The van der Waals surface area contributed by atoms with Crippen molar-refractivity contribution in [2.45, 2.75) is 45.2 Å². The van der Waals surface area contributed by atoms with E-state index in [9.17, 15) is 18.0 Å². The van der Waals surface area contributed by atoms with Crippen LogP contribution in [0.25, 0.3) is 0 Å². The molecular weight excluding hydrogens is 328 g/mol. The third kappa shape index (κ3) is 5.06. The second-order valence-corrected chi connectivity index (χ2v) is 9.00. The summed E-state index contributed by atoms with van der Waals surface area (Å²) in [6, 6.07) is 7.17. The molecule has 6 nitrogen and oxygen atoms in total. The monoisotopic (exact) mass is 352 g/mol. The van der Waals surface area contributed by atoms with Gasteiger partial charge < -0.3 is 10.6 Å². The largest absolute Gasteiger partial charge is 0.350 e. The maximum absolute atomic E-state index is 12.4. The number of carbonyl (C=O) groups is 2. The Morgan fingerprint density at radius 2 is 1.88 bits per heavy atom. The Kier molecular flexibility index (Phi) is 5.32. The van der Waals surface area contributed by atoms with Crippen molar-refractivity contribution in [2.75, 3.05) is 11.5 Å². The molecule has 0 aliphatic carbocycles. The zero-order chi connectivity index (χ0) is 18.0. The molecule has 0 radical (unpaired) electrons. The van der Waals surface area contributed by atoms with Gasteiger partial charge in [0, 0.05) is 6.92 Å². The number of aryl methyl sites for hydroxylation is 1. The Hall–Kier alpha value is -1.89. The van der Waals surface area contributed by atoms with Crippen molar-refractivity contribution in [1.82, 2.24) is 10.6 Å². The summed E-state index contributed by atoms with van der Waals surface area (Å²) in [5, 5.41) is 5.61. The van der Waals surface area contributed by atoms with E-state index >= 15 is 0 Å². The van der Waals surface area contributed by atoms with E-state index in [0.29, 0.717) is 6.42 Å².